The number of rotatable bonds is 6. The zero-order valence-electron chi connectivity index (χ0n) is 22.2. The Bertz CT molecular complexity index is 1220. The van der Waals surface area contributed by atoms with Crippen molar-refractivity contribution in [2.24, 2.45) is 5.73 Å². The van der Waals surface area contributed by atoms with Crippen LogP contribution < -0.4 is 21.3 Å². The molecule has 4 heterocycles. The summed E-state index contributed by atoms with van der Waals surface area (Å²) >= 11 is 2.35. The molecular formula is C27H34IN7O5. The zero-order valence-corrected chi connectivity index (χ0v) is 24.3. The van der Waals surface area contributed by atoms with Crippen molar-refractivity contribution in [2.45, 2.75) is 22.9 Å². The maximum atomic E-state index is 12.8. The van der Waals surface area contributed by atoms with Crippen molar-refractivity contribution in [2.75, 3.05) is 69.4 Å². The first-order chi connectivity index (χ1) is 19.4. The van der Waals surface area contributed by atoms with Gasteiger partial charge in [-0.15, -0.1) is 0 Å². The van der Waals surface area contributed by atoms with Crippen LogP contribution in [0.2, 0.25) is 0 Å². The Hall–Kier alpha value is -3.17. The normalized spacial score (nSPS) is 21.6. The molecule has 3 saturated heterocycles. The Morgan fingerprint density at radius 3 is 2.20 bits per heavy atom. The lowest BCUT2D eigenvalue weighted by atomic mass is 10.1. The molecule has 0 bridgehead atoms. The number of nitrogens with two attached hydrogens (primary N) is 1. The Balaban J connectivity index is 1.30. The summed E-state index contributed by atoms with van der Waals surface area (Å²) in [7, 11) is 0. The number of piperidine rings is 1. The lowest BCUT2D eigenvalue weighted by Gasteiger charge is -2.40. The molecule has 1 aromatic heterocycles. The summed E-state index contributed by atoms with van der Waals surface area (Å²) in [4.78, 5) is 48.3. The number of primary amides is 1. The van der Waals surface area contributed by atoms with Crippen LogP contribution in [0.5, 0.6) is 0 Å². The number of carbonyl (C=O) groups excluding carboxylic acids is 3. The molecule has 13 heteroatoms. The maximum Gasteiger partial charge on any atom is 0.317 e. The summed E-state index contributed by atoms with van der Waals surface area (Å²) in [6, 6.07) is 10.4. The van der Waals surface area contributed by atoms with E-state index in [1.807, 2.05) is 0 Å². The van der Waals surface area contributed by atoms with E-state index in [2.05, 4.69) is 38.1 Å². The Morgan fingerprint density at radius 2 is 1.55 bits per heavy atom. The van der Waals surface area contributed by atoms with Crippen molar-refractivity contribution in [3.05, 3.63) is 47.5 Å². The van der Waals surface area contributed by atoms with Crippen LogP contribution in [-0.4, -0.2) is 102 Å². The fourth-order valence-electron chi connectivity index (χ4n) is 5.04. The monoisotopic (exact) mass is 663 g/mol. The van der Waals surface area contributed by atoms with E-state index >= 15 is 0 Å². The molecule has 0 spiro atoms. The summed E-state index contributed by atoms with van der Waals surface area (Å²) in [5.41, 5.74) is 7.17. The quantitative estimate of drug-likeness (QED) is 0.243. The van der Waals surface area contributed by atoms with E-state index < -0.39 is 5.91 Å². The van der Waals surface area contributed by atoms with E-state index in [4.69, 9.17) is 20.2 Å². The van der Waals surface area contributed by atoms with Gasteiger partial charge in [-0.1, -0.05) is 22.6 Å². The molecule has 40 heavy (non-hydrogen) atoms. The van der Waals surface area contributed by atoms with Crippen LogP contribution in [0.1, 0.15) is 33.6 Å². The van der Waals surface area contributed by atoms with E-state index in [0.29, 0.717) is 75.5 Å². The van der Waals surface area contributed by atoms with Crippen molar-refractivity contribution in [1.82, 2.24) is 20.1 Å². The number of ether oxygens (including phenoxy) is 2. The largest absolute Gasteiger partial charge is 0.378 e. The maximum absolute atomic E-state index is 12.8. The third kappa shape index (κ3) is 6.58. The predicted octanol–water partition coefficient (Wildman–Crippen LogP) is 2.17. The van der Waals surface area contributed by atoms with E-state index in [1.165, 1.54) is 0 Å². The number of nitrogens with zero attached hydrogens (tertiary/aromatic N) is 4. The fraction of sp³-hybridized carbons (Fsp3) is 0.481. The molecular weight excluding hydrogens is 629 g/mol. The van der Waals surface area contributed by atoms with Crippen molar-refractivity contribution >= 4 is 57.8 Å². The number of pyridine rings is 1. The molecule has 4 N–H and O–H groups in total. The average Bonchev–Trinajstić information content (AvgIpc) is 2.99. The van der Waals surface area contributed by atoms with E-state index in [9.17, 15) is 14.4 Å². The third-order valence-corrected chi connectivity index (χ3v) is 8.82. The van der Waals surface area contributed by atoms with Gasteiger partial charge in [0.05, 0.1) is 38.0 Å². The first-order valence-electron chi connectivity index (χ1n) is 13.5. The summed E-state index contributed by atoms with van der Waals surface area (Å²) in [6.07, 6.45) is 1.74. The van der Waals surface area contributed by atoms with Crippen LogP contribution in [0.3, 0.4) is 0 Å². The summed E-state index contributed by atoms with van der Waals surface area (Å²) in [6.45, 7) is 5.26. The van der Waals surface area contributed by atoms with Crippen molar-refractivity contribution in [3.63, 3.8) is 0 Å². The number of morpholine rings is 2. The van der Waals surface area contributed by atoms with E-state index in [0.717, 1.165) is 19.4 Å². The minimum Gasteiger partial charge on any atom is -0.378 e. The molecule has 3 fully saturated rings. The number of amides is 4. The van der Waals surface area contributed by atoms with Gasteiger partial charge in [0, 0.05) is 44.0 Å². The van der Waals surface area contributed by atoms with Crippen LogP contribution >= 0.6 is 22.6 Å². The van der Waals surface area contributed by atoms with Gasteiger partial charge in [0.2, 0.25) is 0 Å². The van der Waals surface area contributed by atoms with Crippen molar-refractivity contribution < 1.29 is 23.9 Å². The zero-order chi connectivity index (χ0) is 28.1. The highest BCUT2D eigenvalue weighted by molar-refractivity contribution is 14.1. The molecule has 214 valence electrons. The number of alkyl halides is 1. The van der Waals surface area contributed by atoms with Gasteiger partial charge in [-0.05, 0) is 49.2 Å². The predicted molar refractivity (Wildman–Crippen MR) is 158 cm³/mol. The number of aromatic nitrogens is 1. The third-order valence-electron chi connectivity index (χ3n) is 7.28. The number of hydrogen-bond acceptors (Lipinski definition) is 8. The highest BCUT2D eigenvalue weighted by atomic mass is 127. The molecule has 0 saturated carbocycles. The van der Waals surface area contributed by atoms with Gasteiger partial charge >= 0.3 is 6.03 Å². The molecule has 2 unspecified atom stereocenters. The SMILES string of the molecule is NC(=O)c1ccc(N2CCCC(NC(=O)N3CCOCC3)C2I)nc1Nc1ccc(C(=O)N2CCOCC2)cc1. The number of benzene rings is 1. The standard InChI is InChI=1S/C27H34IN7O5/c28-23-21(31-27(38)34-12-16-40-17-13-34)2-1-9-35(23)22-8-7-20(24(29)36)25(32-22)30-19-5-3-18(4-6-19)26(37)33-10-14-39-15-11-33/h3-8,21,23H,1-2,9-17H2,(H2,29,36)(H,30,32)(H,31,38). The van der Waals surface area contributed by atoms with Crippen molar-refractivity contribution in [1.29, 1.82) is 0 Å². The van der Waals surface area contributed by atoms with Crippen LogP contribution in [0.25, 0.3) is 0 Å². The minimum atomic E-state index is -0.596. The topological polar surface area (TPSA) is 142 Å². The second kappa shape index (κ2) is 13.0. The molecule has 2 aromatic rings. The molecule has 5 rings (SSSR count). The molecule has 2 atom stereocenters. The van der Waals surface area contributed by atoms with E-state index in [1.54, 1.807) is 46.2 Å². The number of carbonyl (C=O) groups is 3. The fourth-order valence-corrected chi connectivity index (χ4v) is 6.15. The summed E-state index contributed by atoms with van der Waals surface area (Å²) in [5.74, 6) is 0.374. The van der Waals surface area contributed by atoms with Gasteiger partial charge in [0.25, 0.3) is 11.8 Å². The van der Waals surface area contributed by atoms with Crippen LogP contribution in [0.4, 0.5) is 22.1 Å². The first-order valence-corrected chi connectivity index (χ1v) is 14.7. The smallest absolute Gasteiger partial charge is 0.317 e. The summed E-state index contributed by atoms with van der Waals surface area (Å²) in [5, 5.41) is 6.39. The highest BCUT2D eigenvalue weighted by Crippen LogP contribution is 2.30. The molecule has 1 aromatic carbocycles. The highest BCUT2D eigenvalue weighted by Gasteiger charge is 2.33. The Morgan fingerprint density at radius 1 is 0.900 bits per heavy atom. The van der Waals surface area contributed by atoms with Crippen LogP contribution in [-0.2, 0) is 9.47 Å². The molecule has 3 aliphatic rings. The minimum absolute atomic E-state index is 0.0402. The molecule has 12 nitrogen and oxygen atoms in total. The number of nitrogens with one attached hydrogen (secondary N) is 2. The van der Waals surface area contributed by atoms with Crippen molar-refractivity contribution in [3.8, 4) is 0 Å². The molecule has 0 aliphatic carbocycles. The van der Waals surface area contributed by atoms with Gasteiger partial charge in [0.15, 0.2) is 0 Å². The molecule has 3 aliphatic heterocycles. The Kier molecular flexibility index (Phi) is 9.22. The number of urea groups is 1. The van der Waals surface area contributed by atoms with E-state index in [-0.39, 0.29) is 27.6 Å². The molecule has 0 radical (unpaired) electrons. The number of anilines is 3. The second-order valence-corrected chi connectivity index (χ2v) is 11.2. The van der Waals surface area contributed by atoms with Crippen LogP contribution in [0.15, 0.2) is 36.4 Å². The second-order valence-electron chi connectivity index (χ2n) is 9.90. The lowest BCUT2D eigenvalue weighted by molar-refractivity contribution is 0.0303. The number of hydrogen-bond donors (Lipinski definition) is 3. The Labute approximate surface area is 246 Å². The average molecular weight is 664 g/mol. The molecule has 4 amide bonds. The van der Waals surface area contributed by atoms with Gasteiger partial charge in [-0.25, -0.2) is 9.78 Å². The lowest BCUT2D eigenvalue weighted by Crippen LogP contribution is -2.56. The number of halogens is 1. The first kappa shape index (κ1) is 28.4. The van der Waals surface area contributed by atoms with Gasteiger partial charge in [-0.2, -0.15) is 0 Å². The van der Waals surface area contributed by atoms with Gasteiger partial charge < -0.3 is 40.5 Å². The van der Waals surface area contributed by atoms with Crippen LogP contribution in [0, 0.1) is 0 Å². The van der Waals surface area contributed by atoms with Gasteiger partial charge in [0.1, 0.15) is 15.7 Å². The summed E-state index contributed by atoms with van der Waals surface area (Å²) < 4.78 is 10.7. The van der Waals surface area contributed by atoms with Gasteiger partial charge in [-0.3, -0.25) is 9.59 Å².